The molecule has 21 heavy (non-hydrogen) atoms. The number of nitrogens with zero attached hydrogens (tertiary/aromatic N) is 1. The van der Waals surface area contributed by atoms with Crippen molar-refractivity contribution in [1.29, 1.82) is 0 Å². The maximum atomic E-state index is 11.8. The molecule has 1 fully saturated rings. The van der Waals surface area contributed by atoms with Crippen molar-refractivity contribution < 1.29 is 19.5 Å². The highest BCUT2D eigenvalue weighted by Gasteiger charge is 2.32. The lowest BCUT2D eigenvalue weighted by Gasteiger charge is -2.21. The smallest absolute Gasteiger partial charge is 0.326 e. The summed E-state index contributed by atoms with van der Waals surface area (Å²) in [7, 11) is 0. The summed E-state index contributed by atoms with van der Waals surface area (Å²) in [4.78, 5) is 36.3. The number of rotatable bonds is 7. The second-order valence-electron chi connectivity index (χ2n) is 5.33. The Morgan fingerprint density at radius 1 is 1.48 bits per heavy atom. The first-order valence-corrected chi connectivity index (χ1v) is 8.32. The summed E-state index contributed by atoms with van der Waals surface area (Å²) in [6, 6.07) is -1.61. The molecule has 0 bridgehead atoms. The fourth-order valence-electron chi connectivity index (χ4n) is 2.21. The molecule has 8 heteroatoms. The van der Waals surface area contributed by atoms with Gasteiger partial charge in [-0.1, -0.05) is 0 Å². The van der Waals surface area contributed by atoms with E-state index in [0.717, 1.165) is 0 Å². The maximum absolute atomic E-state index is 11.8. The number of aliphatic carboxylic acids is 1. The third-order valence-electron chi connectivity index (χ3n) is 3.33. The van der Waals surface area contributed by atoms with Gasteiger partial charge in [-0.15, -0.1) is 0 Å². The number of likely N-dealkylation sites (tertiary alicyclic amines) is 1. The van der Waals surface area contributed by atoms with Crippen molar-refractivity contribution in [3.63, 3.8) is 0 Å². The summed E-state index contributed by atoms with van der Waals surface area (Å²) in [6.07, 6.45) is 2.50. The third-order valence-corrected chi connectivity index (χ3v) is 3.98. The summed E-state index contributed by atoms with van der Waals surface area (Å²) in [5.41, 5.74) is 0. The number of carbonyl (C=O) groups is 3. The van der Waals surface area contributed by atoms with Crippen molar-refractivity contribution in [1.82, 2.24) is 15.5 Å². The second-order valence-corrected chi connectivity index (χ2v) is 6.32. The molecule has 0 saturated carbocycles. The molecule has 0 spiro atoms. The molecule has 1 aliphatic heterocycles. The summed E-state index contributed by atoms with van der Waals surface area (Å²) >= 11 is 1.52. The Labute approximate surface area is 128 Å². The third kappa shape index (κ3) is 5.45. The minimum absolute atomic E-state index is 0.00691. The van der Waals surface area contributed by atoms with Crippen LogP contribution in [0.25, 0.3) is 0 Å². The van der Waals surface area contributed by atoms with Crippen LogP contribution in [-0.4, -0.2) is 64.6 Å². The number of urea groups is 1. The molecule has 1 heterocycles. The van der Waals surface area contributed by atoms with E-state index in [1.165, 1.54) is 11.8 Å². The molecule has 120 valence electrons. The minimum atomic E-state index is -1.05. The highest BCUT2D eigenvalue weighted by Crippen LogP contribution is 2.14. The lowest BCUT2D eigenvalue weighted by molar-refractivity contribution is -0.139. The van der Waals surface area contributed by atoms with Gasteiger partial charge in [0, 0.05) is 19.0 Å². The molecule has 2 atom stereocenters. The van der Waals surface area contributed by atoms with Crippen molar-refractivity contribution in [3.05, 3.63) is 0 Å². The number of hydrogen-bond donors (Lipinski definition) is 3. The highest BCUT2D eigenvalue weighted by molar-refractivity contribution is 7.98. The number of carboxylic acid groups (broad SMARTS) is 1. The number of carboxylic acids is 1. The fourth-order valence-corrected chi connectivity index (χ4v) is 2.68. The average Bonchev–Trinajstić information content (AvgIpc) is 2.75. The number of hydrogen-bond acceptors (Lipinski definition) is 4. The molecule has 0 aromatic heterocycles. The lowest BCUT2D eigenvalue weighted by Crippen LogP contribution is -2.50. The van der Waals surface area contributed by atoms with Gasteiger partial charge in [0.15, 0.2) is 0 Å². The molecule has 1 rings (SSSR count). The van der Waals surface area contributed by atoms with E-state index in [9.17, 15) is 14.4 Å². The van der Waals surface area contributed by atoms with Gasteiger partial charge in [-0.3, -0.25) is 4.79 Å². The normalized spacial score (nSPS) is 19.7. The van der Waals surface area contributed by atoms with Gasteiger partial charge in [0.1, 0.15) is 6.04 Å². The van der Waals surface area contributed by atoms with Crippen LogP contribution in [0.15, 0.2) is 0 Å². The van der Waals surface area contributed by atoms with E-state index in [1.807, 2.05) is 20.1 Å². The molecule has 1 aliphatic rings. The Kier molecular flexibility index (Phi) is 6.80. The summed E-state index contributed by atoms with van der Waals surface area (Å²) in [5.74, 6) is -0.390. The van der Waals surface area contributed by atoms with E-state index in [4.69, 9.17) is 5.11 Å². The quantitative estimate of drug-likeness (QED) is 0.635. The predicted octanol–water partition coefficient (Wildman–Crippen LogP) is 0.501. The van der Waals surface area contributed by atoms with Gasteiger partial charge in [-0.05, 0) is 32.3 Å². The van der Waals surface area contributed by atoms with Crippen LogP contribution in [0.2, 0.25) is 0 Å². The largest absolute Gasteiger partial charge is 0.480 e. The van der Waals surface area contributed by atoms with Crippen LogP contribution < -0.4 is 10.6 Å². The minimum Gasteiger partial charge on any atom is -0.480 e. The van der Waals surface area contributed by atoms with Gasteiger partial charge in [0.25, 0.3) is 0 Å². The fraction of sp³-hybridized carbons (Fsp3) is 0.769. The van der Waals surface area contributed by atoms with Crippen molar-refractivity contribution in [2.75, 3.05) is 18.6 Å². The SMILES string of the molecule is CSCCC(NC(=O)NC1CC(=O)N(C(C)C)C1)C(=O)O. The van der Waals surface area contributed by atoms with E-state index in [-0.39, 0.29) is 24.4 Å². The average molecular weight is 317 g/mol. The van der Waals surface area contributed by atoms with Gasteiger partial charge in [0.2, 0.25) is 5.91 Å². The molecule has 0 aliphatic carbocycles. The van der Waals surface area contributed by atoms with E-state index in [2.05, 4.69) is 10.6 Å². The highest BCUT2D eigenvalue weighted by atomic mass is 32.2. The number of thioether (sulfide) groups is 1. The van der Waals surface area contributed by atoms with Gasteiger partial charge < -0.3 is 20.6 Å². The Bertz CT molecular complexity index is 403. The van der Waals surface area contributed by atoms with E-state index in [1.54, 1.807) is 4.90 Å². The predicted molar refractivity (Wildman–Crippen MR) is 81.3 cm³/mol. The Hall–Kier alpha value is -1.44. The molecule has 0 radical (unpaired) electrons. The summed E-state index contributed by atoms with van der Waals surface area (Å²) in [6.45, 7) is 4.30. The zero-order valence-corrected chi connectivity index (χ0v) is 13.4. The van der Waals surface area contributed by atoms with Crippen LogP contribution in [0.3, 0.4) is 0 Å². The first kappa shape index (κ1) is 17.6. The lowest BCUT2D eigenvalue weighted by atomic mass is 10.2. The zero-order valence-electron chi connectivity index (χ0n) is 12.6. The Balaban J connectivity index is 2.46. The van der Waals surface area contributed by atoms with Crippen molar-refractivity contribution >= 4 is 29.7 Å². The van der Waals surface area contributed by atoms with E-state index >= 15 is 0 Å². The van der Waals surface area contributed by atoms with Crippen LogP contribution in [0, 0.1) is 0 Å². The van der Waals surface area contributed by atoms with Gasteiger partial charge >= 0.3 is 12.0 Å². The standard InChI is InChI=1S/C13H23N3O4S/c1-8(2)16-7-9(6-11(16)17)14-13(20)15-10(12(18)19)4-5-21-3/h8-10H,4-7H2,1-3H3,(H,18,19)(H2,14,15,20). The van der Waals surface area contributed by atoms with Crippen LogP contribution in [0.4, 0.5) is 4.79 Å². The Morgan fingerprint density at radius 2 is 2.14 bits per heavy atom. The van der Waals surface area contributed by atoms with Gasteiger partial charge in [0.05, 0.1) is 6.04 Å². The molecule has 7 nitrogen and oxygen atoms in total. The van der Waals surface area contributed by atoms with Crippen LogP contribution in [0.1, 0.15) is 26.7 Å². The van der Waals surface area contributed by atoms with Crippen molar-refractivity contribution in [2.24, 2.45) is 0 Å². The molecule has 0 aromatic carbocycles. The summed E-state index contributed by atoms with van der Waals surface area (Å²) in [5, 5.41) is 14.2. The first-order chi connectivity index (χ1) is 9.85. The first-order valence-electron chi connectivity index (χ1n) is 6.93. The molecule has 0 aromatic rings. The molecule has 2 unspecified atom stereocenters. The van der Waals surface area contributed by atoms with Crippen LogP contribution in [0.5, 0.6) is 0 Å². The molecule has 3 N–H and O–H groups in total. The zero-order chi connectivity index (χ0) is 16.0. The van der Waals surface area contributed by atoms with Crippen LogP contribution in [-0.2, 0) is 9.59 Å². The number of carbonyl (C=O) groups excluding carboxylic acids is 2. The number of nitrogens with one attached hydrogen (secondary N) is 2. The summed E-state index contributed by atoms with van der Waals surface area (Å²) < 4.78 is 0. The molecular formula is C13H23N3O4S. The van der Waals surface area contributed by atoms with Crippen molar-refractivity contribution in [2.45, 2.75) is 44.8 Å². The number of amides is 3. The monoisotopic (exact) mass is 317 g/mol. The van der Waals surface area contributed by atoms with Gasteiger partial charge in [-0.25, -0.2) is 9.59 Å². The van der Waals surface area contributed by atoms with E-state index in [0.29, 0.717) is 18.7 Å². The topological polar surface area (TPSA) is 98.7 Å². The molecule has 3 amide bonds. The Morgan fingerprint density at radius 3 is 2.62 bits per heavy atom. The second kappa shape index (κ2) is 8.11. The molecule has 1 saturated heterocycles. The van der Waals surface area contributed by atoms with Crippen LogP contribution >= 0.6 is 11.8 Å². The maximum Gasteiger partial charge on any atom is 0.326 e. The van der Waals surface area contributed by atoms with Gasteiger partial charge in [-0.2, -0.15) is 11.8 Å². The van der Waals surface area contributed by atoms with Crippen molar-refractivity contribution in [3.8, 4) is 0 Å². The molecular weight excluding hydrogens is 294 g/mol. The van der Waals surface area contributed by atoms with E-state index < -0.39 is 18.0 Å².